The largest absolute Gasteiger partial charge is 0.374 e. The molecule has 0 aromatic heterocycles. The quantitative estimate of drug-likeness (QED) is 0.907. The van der Waals surface area contributed by atoms with E-state index in [0.717, 1.165) is 0 Å². The number of hydrogen-bond acceptors (Lipinski definition) is 3. The first-order valence-electron chi connectivity index (χ1n) is 7.30. The van der Waals surface area contributed by atoms with E-state index in [4.69, 9.17) is 4.74 Å². The third-order valence-corrected chi connectivity index (χ3v) is 3.66. The van der Waals surface area contributed by atoms with Crippen molar-refractivity contribution in [2.45, 2.75) is 45.5 Å². The summed E-state index contributed by atoms with van der Waals surface area (Å²) in [5.74, 6) is -0.341. The van der Waals surface area contributed by atoms with Gasteiger partial charge in [-0.05, 0) is 33.8 Å². The Morgan fingerprint density at radius 1 is 1.38 bits per heavy atom. The maximum atomic E-state index is 14.0. The summed E-state index contributed by atoms with van der Waals surface area (Å²) in [6.07, 6.45) is -0.451. The molecule has 1 aromatic rings. The fourth-order valence-corrected chi connectivity index (χ4v) is 2.74. The molecule has 1 heterocycles. The molecular weight excluding hydrogens is 271 g/mol. The second-order valence-electron chi connectivity index (χ2n) is 5.97. The Kier molecular flexibility index (Phi) is 4.64. The van der Waals surface area contributed by atoms with Crippen LogP contribution in [-0.4, -0.2) is 35.6 Å². The number of rotatable bonds is 5. The predicted molar refractivity (Wildman–Crippen MR) is 79.2 cm³/mol. The predicted octanol–water partition coefficient (Wildman–Crippen LogP) is 2.46. The minimum atomic E-state index is -0.473. The van der Waals surface area contributed by atoms with E-state index in [1.807, 2.05) is 20.8 Å². The number of hydrogen-bond donors (Lipinski definition) is 1. The van der Waals surface area contributed by atoms with Gasteiger partial charge in [0.2, 0.25) is 5.91 Å². The van der Waals surface area contributed by atoms with E-state index in [0.29, 0.717) is 18.7 Å². The normalized spacial score (nSPS) is 22.9. The smallest absolute Gasteiger partial charge is 0.241 e. The van der Waals surface area contributed by atoms with E-state index in [1.54, 1.807) is 30.0 Å². The molecule has 0 saturated carbocycles. The van der Waals surface area contributed by atoms with Crippen LogP contribution in [0.15, 0.2) is 24.3 Å². The lowest BCUT2D eigenvalue weighted by atomic mass is 10.1. The van der Waals surface area contributed by atoms with Crippen LogP contribution in [0.2, 0.25) is 0 Å². The second kappa shape index (κ2) is 6.12. The lowest BCUT2D eigenvalue weighted by Gasteiger charge is -2.33. The van der Waals surface area contributed by atoms with Gasteiger partial charge < -0.3 is 9.64 Å². The van der Waals surface area contributed by atoms with Crippen molar-refractivity contribution >= 4 is 5.91 Å². The van der Waals surface area contributed by atoms with Gasteiger partial charge in [0.25, 0.3) is 0 Å². The third kappa shape index (κ3) is 3.41. The first-order valence-corrected chi connectivity index (χ1v) is 7.30. The molecule has 1 saturated heterocycles. The maximum Gasteiger partial charge on any atom is 0.241 e. The number of halogens is 1. The molecular formula is C16H23FN2O2. The van der Waals surface area contributed by atoms with Crippen LogP contribution in [-0.2, 0) is 9.53 Å². The van der Waals surface area contributed by atoms with Crippen molar-refractivity contribution in [2.24, 2.45) is 0 Å². The van der Waals surface area contributed by atoms with Gasteiger partial charge in [-0.2, -0.15) is 0 Å². The van der Waals surface area contributed by atoms with Gasteiger partial charge in [-0.1, -0.05) is 18.2 Å². The Morgan fingerprint density at radius 2 is 2.05 bits per heavy atom. The van der Waals surface area contributed by atoms with Crippen LogP contribution >= 0.6 is 0 Å². The van der Waals surface area contributed by atoms with Gasteiger partial charge in [0.1, 0.15) is 12.0 Å². The SMILES string of the molecule is CCOC(C)(C)CN1C(=O)C(C)NC1c1ccccc1F. The van der Waals surface area contributed by atoms with Crippen LogP contribution in [0, 0.1) is 5.82 Å². The summed E-state index contributed by atoms with van der Waals surface area (Å²) in [6.45, 7) is 8.57. The van der Waals surface area contributed by atoms with Gasteiger partial charge >= 0.3 is 0 Å². The summed E-state index contributed by atoms with van der Waals surface area (Å²) in [5, 5.41) is 3.16. The minimum absolute atomic E-state index is 0.0315. The Hall–Kier alpha value is -1.46. The topological polar surface area (TPSA) is 41.6 Å². The van der Waals surface area contributed by atoms with Gasteiger partial charge in [-0.15, -0.1) is 0 Å². The molecule has 1 amide bonds. The van der Waals surface area contributed by atoms with E-state index in [-0.39, 0.29) is 17.8 Å². The minimum Gasteiger partial charge on any atom is -0.374 e. The molecule has 1 N–H and O–H groups in total. The molecule has 1 aromatic carbocycles. The van der Waals surface area contributed by atoms with Gasteiger partial charge in [0.05, 0.1) is 18.2 Å². The Labute approximate surface area is 125 Å². The monoisotopic (exact) mass is 294 g/mol. The molecule has 0 radical (unpaired) electrons. The molecule has 0 spiro atoms. The zero-order valence-corrected chi connectivity index (χ0v) is 13.0. The lowest BCUT2D eigenvalue weighted by Crippen LogP contribution is -2.43. The van der Waals surface area contributed by atoms with E-state index >= 15 is 0 Å². The van der Waals surface area contributed by atoms with Crippen LogP contribution in [0.1, 0.15) is 39.4 Å². The number of carbonyl (C=O) groups is 1. The fraction of sp³-hybridized carbons (Fsp3) is 0.562. The summed E-state index contributed by atoms with van der Waals surface area (Å²) in [7, 11) is 0. The number of nitrogens with one attached hydrogen (secondary N) is 1. The molecule has 2 unspecified atom stereocenters. The number of ether oxygens (including phenoxy) is 1. The molecule has 1 aliphatic rings. The number of amides is 1. The molecule has 4 nitrogen and oxygen atoms in total. The standard InChI is InChI=1S/C16H23FN2O2/c1-5-21-16(3,4)10-19-14(18-11(2)15(19)20)12-8-6-7-9-13(12)17/h6-9,11,14,18H,5,10H2,1-4H3. The molecule has 21 heavy (non-hydrogen) atoms. The molecule has 0 bridgehead atoms. The van der Waals surface area contributed by atoms with Crippen molar-refractivity contribution in [3.63, 3.8) is 0 Å². The molecule has 1 aliphatic heterocycles. The Bertz CT molecular complexity index is 519. The van der Waals surface area contributed by atoms with Gasteiger partial charge in [0.15, 0.2) is 0 Å². The molecule has 2 rings (SSSR count). The lowest BCUT2D eigenvalue weighted by molar-refractivity contribution is -0.134. The van der Waals surface area contributed by atoms with Gasteiger partial charge in [-0.25, -0.2) is 4.39 Å². The molecule has 0 aliphatic carbocycles. The Balaban J connectivity index is 2.27. The van der Waals surface area contributed by atoms with E-state index in [1.165, 1.54) is 6.07 Å². The average Bonchev–Trinajstić information content (AvgIpc) is 2.67. The highest BCUT2D eigenvalue weighted by atomic mass is 19.1. The van der Waals surface area contributed by atoms with Crippen LogP contribution in [0.5, 0.6) is 0 Å². The summed E-state index contributed by atoms with van der Waals surface area (Å²) in [5.41, 5.74) is 0.0159. The second-order valence-corrected chi connectivity index (χ2v) is 5.97. The van der Waals surface area contributed by atoms with Crippen LogP contribution in [0.25, 0.3) is 0 Å². The maximum absolute atomic E-state index is 14.0. The van der Waals surface area contributed by atoms with E-state index in [9.17, 15) is 9.18 Å². The zero-order chi connectivity index (χ0) is 15.6. The van der Waals surface area contributed by atoms with Crippen LogP contribution in [0.4, 0.5) is 4.39 Å². The van der Waals surface area contributed by atoms with Crippen LogP contribution < -0.4 is 5.32 Å². The first kappa shape index (κ1) is 15.9. The summed E-state index contributed by atoms with van der Waals surface area (Å²) < 4.78 is 19.7. The van der Waals surface area contributed by atoms with Gasteiger partial charge in [-0.3, -0.25) is 10.1 Å². The van der Waals surface area contributed by atoms with Crippen molar-refractivity contribution in [1.82, 2.24) is 10.2 Å². The summed E-state index contributed by atoms with van der Waals surface area (Å²) >= 11 is 0. The highest BCUT2D eigenvalue weighted by Crippen LogP contribution is 2.29. The zero-order valence-electron chi connectivity index (χ0n) is 13.0. The molecule has 2 atom stereocenters. The molecule has 1 fully saturated rings. The summed E-state index contributed by atoms with van der Waals surface area (Å²) in [6, 6.07) is 6.22. The van der Waals surface area contributed by atoms with E-state index in [2.05, 4.69) is 5.32 Å². The van der Waals surface area contributed by atoms with Crippen molar-refractivity contribution < 1.29 is 13.9 Å². The van der Waals surface area contributed by atoms with Gasteiger partial charge in [0, 0.05) is 12.2 Å². The molecule has 5 heteroatoms. The number of carbonyl (C=O) groups excluding carboxylic acids is 1. The average molecular weight is 294 g/mol. The fourth-order valence-electron chi connectivity index (χ4n) is 2.74. The third-order valence-electron chi connectivity index (χ3n) is 3.66. The highest BCUT2D eigenvalue weighted by Gasteiger charge is 2.40. The van der Waals surface area contributed by atoms with Crippen molar-refractivity contribution in [2.75, 3.05) is 13.2 Å². The van der Waals surface area contributed by atoms with Crippen molar-refractivity contribution in [3.05, 3.63) is 35.6 Å². The number of benzene rings is 1. The first-order chi connectivity index (χ1) is 9.85. The van der Waals surface area contributed by atoms with E-state index < -0.39 is 11.8 Å². The van der Waals surface area contributed by atoms with Crippen LogP contribution in [0.3, 0.4) is 0 Å². The highest BCUT2D eigenvalue weighted by molar-refractivity contribution is 5.84. The number of nitrogens with zero attached hydrogens (tertiary/aromatic N) is 1. The Morgan fingerprint density at radius 3 is 2.67 bits per heavy atom. The summed E-state index contributed by atoms with van der Waals surface area (Å²) in [4.78, 5) is 14.0. The van der Waals surface area contributed by atoms with Crippen molar-refractivity contribution in [1.29, 1.82) is 0 Å². The van der Waals surface area contributed by atoms with Crippen molar-refractivity contribution in [3.8, 4) is 0 Å². The molecule has 116 valence electrons.